The Bertz CT molecular complexity index is 3450. The minimum absolute atomic E-state index is 0.00669. The van der Waals surface area contributed by atoms with Gasteiger partial charge in [0.05, 0.1) is 47.5 Å². The molecular formula is C61H72N8O15S. The number of carbonyl (C=O) groups excluding carboxylic acids is 2. The van der Waals surface area contributed by atoms with E-state index in [1.807, 2.05) is 60.1 Å². The number of para-hydroxylation sites is 1. The number of hydrogen-bond acceptors (Lipinski definition) is 18. The highest BCUT2D eigenvalue weighted by Crippen LogP contribution is 2.72. The second-order valence-corrected chi connectivity index (χ2v) is 25.3. The van der Waals surface area contributed by atoms with Gasteiger partial charge in [0.25, 0.3) is 0 Å². The van der Waals surface area contributed by atoms with Gasteiger partial charge in [0.15, 0.2) is 16.9 Å². The lowest BCUT2D eigenvalue weighted by Crippen LogP contribution is -2.64. The SMILES string of the molecule is Cc1c(-c2ccc(-c3ccc4c(c3)N(C(=O)Nc3nc5ccccc5s3)CCC4)nc2C(=O)O)cnn1CC12CC3(C)CC(C)(C1)CC(OCCN(C)C(=O)OCc1ccc(OCCOCCN)cc1O[C@@H]1O[C@H](C(=O)O)[C@@H](O)[C@H](O)[C@H]1O)(C3)C2. The lowest BCUT2D eigenvalue weighted by molar-refractivity contribution is -0.271. The molecule has 6 aromatic rings. The monoisotopic (exact) mass is 1190 g/mol. The van der Waals surface area contributed by atoms with Crippen LogP contribution in [0.15, 0.2) is 79.0 Å². The summed E-state index contributed by atoms with van der Waals surface area (Å²) in [4.78, 5) is 64.8. The Morgan fingerprint density at radius 1 is 0.871 bits per heavy atom. The third-order valence-corrected chi connectivity index (χ3v) is 18.2. The summed E-state index contributed by atoms with van der Waals surface area (Å²) in [5.41, 5.74) is 10.6. The van der Waals surface area contributed by atoms with Crippen LogP contribution in [0.25, 0.3) is 32.6 Å². The molecule has 12 rings (SSSR count). The number of carboxylic acid groups (broad SMARTS) is 2. The molecule has 6 aliphatic rings. The quantitative estimate of drug-likeness (QED) is 0.0349. The molecule has 2 aliphatic heterocycles. The summed E-state index contributed by atoms with van der Waals surface area (Å²) >= 11 is 1.41. The molecule has 2 unspecified atom stereocenters. The zero-order valence-corrected chi connectivity index (χ0v) is 48.7. The number of aliphatic hydroxyl groups excluding tert-OH is 3. The van der Waals surface area contributed by atoms with E-state index in [2.05, 4.69) is 24.1 Å². The smallest absolute Gasteiger partial charge is 0.409 e. The Morgan fingerprint density at radius 3 is 2.41 bits per heavy atom. The van der Waals surface area contributed by atoms with E-state index < -0.39 is 54.3 Å². The van der Waals surface area contributed by atoms with Gasteiger partial charge in [-0.05, 0) is 123 Å². The number of aromatic carboxylic acids is 1. The van der Waals surface area contributed by atoms with E-state index in [0.29, 0.717) is 65.1 Å². The van der Waals surface area contributed by atoms with Gasteiger partial charge in [0, 0.05) is 72.9 Å². The summed E-state index contributed by atoms with van der Waals surface area (Å²) in [5.74, 6) is -2.46. The van der Waals surface area contributed by atoms with Crippen LogP contribution in [0.3, 0.4) is 0 Å². The number of aromatic nitrogens is 4. The number of nitrogens with one attached hydrogen (secondary N) is 1. The lowest BCUT2D eigenvalue weighted by atomic mass is 9.39. The largest absolute Gasteiger partial charge is 0.491 e. The number of aliphatic hydroxyl groups is 3. The number of aryl methyl sites for hydroxylation is 1. The number of anilines is 2. The highest BCUT2D eigenvalue weighted by molar-refractivity contribution is 7.22. The summed E-state index contributed by atoms with van der Waals surface area (Å²) in [6, 6.07) is 21.5. The number of carbonyl (C=O) groups is 4. The number of rotatable bonds is 21. The topological polar surface area (TPSA) is 313 Å². The maximum Gasteiger partial charge on any atom is 0.409 e. The van der Waals surface area contributed by atoms with Crippen LogP contribution in [0.1, 0.15) is 86.1 Å². The summed E-state index contributed by atoms with van der Waals surface area (Å²) < 4.78 is 38.2. The Kier molecular flexibility index (Phi) is 16.7. The molecule has 0 spiro atoms. The average Bonchev–Trinajstić information content (AvgIpc) is 2.24. The predicted octanol–water partition coefficient (Wildman–Crippen LogP) is 7.24. The zero-order valence-electron chi connectivity index (χ0n) is 47.9. The zero-order chi connectivity index (χ0) is 60.0. The van der Waals surface area contributed by atoms with Crippen LogP contribution in [0, 0.1) is 23.2 Å². The lowest BCUT2D eigenvalue weighted by Gasteiger charge is -2.69. The fourth-order valence-corrected chi connectivity index (χ4v) is 15.5. The van der Waals surface area contributed by atoms with Crippen molar-refractivity contribution in [3.05, 3.63) is 102 Å². The van der Waals surface area contributed by atoms with Gasteiger partial charge in [-0.2, -0.15) is 5.10 Å². The standard InChI is InChI=1S/C61H72N8O15S/c1-35-41(40-15-16-42(64-47(40)52(73)74)37-12-11-36-8-7-18-68(44(36)24-37)56(77)66-55-65-43-9-5-6-10-46(43)85-55)26-63-69(35)34-60-29-58(2)28-59(3,30-60)32-61(31-58,33-60)82-21-19-67(4)57(78)81-27-38-13-14-39(80-23-22-79-20-17-62)25-45(38)83-54-50(72)48(70)49(71)51(84-54)53(75)76/h5-6,9-16,24-26,48-51,54,70-72H,7-8,17-23,27-34,62H2,1-4H3,(H,73,74)(H,75,76)(H,65,66,77)/t48-,49-,50+,51-,54+,58?,59?,60?,61?/m0/s1. The Balaban J connectivity index is 0.746. The number of urea groups is 1. The molecule has 4 bridgehead atoms. The number of thiazole rings is 1. The number of fused-ring (bicyclic) bond motifs is 2. The Hall–Kier alpha value is -7.29. The van der Waals surface area contributed by atoms with E-state index >= 15 is 0 Å². The molecule has 3 aromatic carbocycles. The molecule has 5 heterocycles. The average molecular weight is 1190 g/mol. The molecule has 7 atom stereocenters. The molecular weight excluding hydrogens is 1120 g/mol. The highest BCUT2D eigenvalue weighted by atomic mass is 32.1. The van der Waals surface area contributed by atoms with Crippen molar-refractivity contribution in [2.24, 2.45) is 22.0 Å². The van der Waals surface area contributed by atoms with Crippen molar-refractivity contribution in [2.45, 2.75) is 122 Å². The molecule has 0 radical (unpaired) electrons. The summed E-state index contributed by atoms with van der Waals surface area (Å²) in [6.45, 7) is 8.93. The van der Waals surface area contributed by atoms with E-state index in [1.165, 1.54) is 22.3 Å². The third kappa shape index (κ3) is 12.4. The third-order valence-electron chi connectivity index (χ3n) is 17.2. The second-order valence-electron chi connectivity index (χ2n) is 24.3. The van der Waals surface area contributed by atoms with Crippen LogP contribution in [0.5, 0.6) is 11.5 Å². The van der Waals surface area contributed by atoms with Crippen LogP contribution in [0.2, 0.25) is 0 Å². The van der Waals surface area contributed by atoms with Crippen LogP contribution >= 0.6 is 11.3 Å². The Morgan fingerprint density at radius 2 is 1.66 bits per heavy atom. The minimum Gasteiger partial charge on any atom is -0.491 e. The van der Waals surface area contributed by atoms with Crippen LogP contribution in [0.4, 0.5) is 20.4 Å². The van der Waals surface area contributed by atoms with Gasteiger partial charge < -0.3 is 64.6 Å². The number of carboxylic acids is 2. The number of nitrogens with two attached hydrogens (primary N) is 1. The highest BCUT2D eigenvalue weighted by Gasteiger charge is 2.66. The molecule has 24 heteroatoms. The fraction of sp³-hybridized carbons (Fsp3) is 0.492. The van der Waals surface area contributed by atoms with Crippen LogP contribution in [-0.2, 0) is 43.3 Å². The van der Waals surface area contributed by atoms with E-state index in [0.717, 1.165) is 78.5 Å². The van der Waals surface area contributed by atoms with Crippen molar-refractivity contribution in [1.82, 2.24) is 24.6 Å². The van der Waals surface area contributed by atoms with Crippen LogP contribution < -0.4 is 25.4 Å². The Labute approximate surface area is 494 Å². The predicted molar refractivity (Wildman–Crippen MR) is 311 cm³/mol. The van der Waals surface area contributed by atoms with Gasteiger partial charge in [-0.3, -0.25) is 14.9 Å². The molecule has 4 aliphatic carbocycles. The maximum absolute atomic E-state index is 13.8. The molecule has 23 nitrogen and oxygen atoms in total. The summed E-state index contributed by atoms with van der Waals surface area (Å²) in [5, 5.41) is 60.2. The first-order chi connectivity index (χ1) is 40.6. The first kappa shape index (κ1) is 59.4. The number of aliphatic carboxylic acids is 1. The van der Waals surface area contributed by atoms with Crippen molar-refractivity contribution < 1.29 is 73.1 Å². The van der Waals surface area contributed by atoms with E-state index in [4.69, 9.17) is 44.2 Å². The van der Waals surface area contributed by atoms with Gasteiger partial charge in [0.2, 0.25) is 6.29 Å². The van der Waals surface area contributed by atoms with Crippen molar-refractivity contribution in [3.8, 4) is 33.9 Å². The number of pyridine rings is 1. The van der Waals surface area contributed by atoms with Gasteiger partial charge in [-0.1, -0.05) is 49.4 Å². The maximum atomic E-state index is 13.8. The van der Waals surface area contributed by atoms with Crippen LogP contribution in [-0.4, -0.2) is 164 Å². The molecule has 85 heavy (non-hydrogen) atoms. The molecule has 4 saturated carbocycles. The number of benzene rings is 3. The van der Waals surface area contributed by atoms with Crippen molar-refractivity contribution >= 4 is 56.4 Å². The number of hydrogen-bond donors (Lipinski definition) is 7. The molecule has 3 amide bonds. The number of ether oxygens (including phenoxy) is 6. The molecule has 1 saturated heterocycles. The molecule has 5 fully saturated rings. The van der Waals surface area contributed by atoms with Gasteiger partial charge >= 0.3 is 24.1 Å². The van der Waals surface area contributed by atoms with Crippen molar-refractivity contribution in [2.75, 3.05) is 63.3 Å². The summed E-state index contributed by atoms with van der Waals surface area (Å²) in [7, 11) is 1.61. The second kappa shape index (κ2) is 23.9. The number of nitrogens with zero attached hydrogens (tertiary/aromatic N) is 6. The molecule has 3 aromatic heterocycles. The van der Waals surface area contributed by atoms with Gasteiger partial charge in [-0.25, -0.2) is 29.1 Å². The first-order valence-corrected chi connectivity index (χ1v) is 29.5. The number of amides is 3. The molecule has 8 N–H and O–H groups in total. The molecule has 452 valence electrons. The van der Waals surface area contributed by atoms with Gasteiger partial charge in [-0.15, -0.1) is 0 Å². The fourth-order valence-electron chi connectivity index (χ4n) is 14.6. The van der Waals surface area contributed by atoms with E-state index in [1.54, 1.807) is 36.3 Å². The first-order valence-electron chi connectivity index (χ1n) is 28.6. The van der Waals surface area contributed by atoms with Gasteiger partial charge in [0.1, 0.15) is 43.0 Å². The van der Waals surface area contributed by atoms with Crippen molar-refractivity contribution in [1.29, 1.82) is 0 Å². The summed E-state index contributed by atoms with van der Waals surface area (Å²) in [6.07, 6.45) is -1.18. The van der Waals surface area contributed by atoms with E-state index in [-0.39, 0.29) is 66.7 Å². The normalized spacial score (nSPS) is 26.7. The number of likely N-dealkylation sites (N-methyl/N-ethyl adjacent to an activating group) is 1. The minimum atomic E-state index is -1.93. The van der Waals surface area contributed by atoms with E-state index in [9.17, 15) is 44.7 Å². The van der Waals surface area contributed by atoms with Crippen molar-refractivity contribution in [3.63, 3.8) is 0 Å².